The fourth-order valence-electron chi connectivity index (χ4n) is 1.72. The Morgan fingerprint density at radius 1 is 1.24 bits per heavy atom. The second kappa shape index (κ2) is 3.56. The number of aromatic nitrogens is 2. The molecule has 2 rings (SSSR count). The Labute approximate surface area is 97.7 Å². The molecule has 0 unspecified atom stereocenters. The van der Waals surface area contributed by atoms with Gasteiger partial charge >= 0.3 is 0 Å². The van der Waals surface area contributed by atoms with Gasteiger partial charge in [0.1, 0.15) is 11.6 Å². The number of nitriles is 1. The first kappa shape index (κ1) is 11.1. The number of hydrogen-bond donors (Lipinski definition) is 0. The summed E-state index contributed by atoms with van der Waals surface area (Å²) in [7, 11) is 1.58. The number of nitrogens with zero attached hydrogens (tertiary/aromatic N) is 4. The number of amides is 2. The molecule has 0 atom stereocenters. The molecule has 0 aliphatic carbocycles. The van der Waals surface area contributed by atoms with Crippen molar-refractivity contribution in [1.29, 1.82) is 5.26 Å². The molecule has 17 heavy (non-hydrogen) atoms. The quantitative estimate of drug-likeness (QED) is 0.658. The molecule has 6 heteroatoms. The van der Waals surface area contributed by atoms with Crippen LogP contribution >= 0.6 is 0 Å². The summed E-state index contributed by atoms with van der Waals surface area (Å²) in [6, 6.07) is 1.92. The van der Waals surface area contributed by atoms with E-state index in [2.05, 4.69) is 5.10 Å². The molecule has 0 radical (unpaired) electrons. The number of aryl methyl sites for hydroxylation is 1. The zero-order chi connectivity index (χ0) is 12.7. The van der Waals surface area contributed by atoms with E-state index in [0.717, 1.165) is 4.90 Å². The van der Waals surface area contributed by atoms with Crippen LogP contribution in [0.4, 0.5) is 5.82 Å². The fraction of sp³-hybridized carbons (Fsp3) is 0.273. The topological polar surface area (TPSA) is 79.0 Å². The van der Waals surface area contributed by atoms with Gasteiger partial charge in [0, 0.05) is 18.2 Å². The SMILES string of the molecule is CC1=C(C)C(=O)N(c2c(C#N)cnn2C)C1=O. The van der Waals surface area contributed by atoms with Gasteiger partial charge in [0.15, 0.2) is 5.82 Å². The highest BCUT2D eigenvalue weighted by Gasteiger charge is 2.37. The highest BCUT2D eigenvalue weighted by Crippen LogP contribution is 2.28. The van der Waals surface area contributed by atoms with Crippen molar-refractivity contribution in [2.45, 2.75) is 13.8 Å². The Hall–Kier alpha value is -2.42. The number of imide groups is 1. The Bertz CT molecular complexity index is 579. The maximum Gasteiger partial charge on any atom is 0.262 e. The van der Waals surface area contributed by atoms with Gasteiger partial charge in [0.2, 0.25) is 0 Å². The van der Waals surface area contributed by atoms with Crippen LogP contribution in [0.15, 0.2) is 17.3 Å². The number of anilines is 1. The maximum atomic E-state index is 11.9. The predicted octanol–water partition coefficient (Wildman–Crippen LogP) is 0.501. The molecule has 0 fully saturated rings. The lowest BCUT2D eigenvalue weighted by Gasteiger charge is -2.14. The Kier molecular flexibility index (Phi) is 2.32. The Balaban J connectivity index is 2.59. The Morgan fingerprint density at radius 3 is 2.24 bits per heavy atom. The third kappa shape index (κ3) is 1.36. The second-order valence-electron chi connectivity index (χ2n) is 3.81. The van der Waals surface area contributed by atoms with Crippen LogP contribution < -0.4 is 4.90 Å². The van der Waals surface area contributed by atoms with Gasteiger partial charge < -0.3 is 0 Å². The molecule has 1 aromatic rings. The lowest BCUT2D eigenvalue weighted by atomic mass is 10.2. The van der Waals surface area contributed by atoms with Crippen molar-refractivity contribution in [1.82, 2.24) is 9.78 Å². The van der Waals surface area contributed by atoms with Crippen LogP contribution in [0.2, 0.25) is 0 Å². The molecular formula is C11H10N4O2. The van der Waals surface area contributed by atoms with Crippen LogP contribution in [0, 0.1) is 11.3 Å². The van der Waals surface area contributed by atoms with Crippen molar-refractivity contribution in [3.8, 4) is 6.07 Å². The normalized spacial score (nSPS) is 15.8. The van der Waals surface area contributed by atoms with E-state index in [0.29, 0.717) is 11.1 Å². The van der Waals surface area contributed by atoms with Gasteiger partial charge in [-0.25, -0.2) is 4.90 Å². The van der Waals surface area contributed by atoms with Crippen molar-refractivity contribution in [3.05, 3.63) is 22.9 Å². The smallest absolute Gasteiger partial charge is 0.262 e. The second-order valence-corrected chi connectivity index (χ2v) is 3.81. The highest BCUT2D eigenvalue weighted by atomic mass is 16.2. The molecule has 2 heterocycles. The lowest BCUT2D eigenvalue weighted by Crippen LogP contribution is -2.33. The van der Waals surface area contributed by atoms with Crippen molar-refractivity contribution >= 4 is 17.6 Å². The van der Waals surface area contributed by atoms with Crippen molar-refractivity contribution in [2.24, 2.45) is 7.05 Å². The van der Waals surface area contributed by atoms with E-state index in [9.17, 15) is 9.59 Å². The van der Waals surface area contributed by atoms with Crippen LogP contribution in [0.25, 0.3) is 0 Å². The van der Waals surface area contributed by atoms with Crippen molar-refractivity contribution in [3.63, 3.8) is 0 Å². The molecule has 1 aliphatic heterocycles. The number of hydrogen-bond acceptors (Lipinski definition) is 4. The van der Waals surface area contributed by atoms with E-state index < -0.39 is 11.8 Å². The van der Waals surface area contributed by atoms with Gasteiger partial charge in [-0.15, -0.1) is 0 Å². The molecule has 0 N–H and O–H groups in total. The molecule has 1 aliphatic rings. The van der Waals surface area contributed by atoms with Crippen LogP contribution in [0.1, 0.15) is 19.4 Å². The van der Waals surface area contributed by atoms with Crippen molar-refractivity contribution in [2.75, 3.05) is 4.90 Å². The standard InChI is InChI=1S/C11H10N4O2/c1-6-7(2)11(17)15(10(6)16)9-8(4-12)5-13-14(9)3/h5H,1-3H3. The summed E-state index contributed by atoms with van der Waals surface area (Å²) in [5.74, 6) is -0.570. The fourth-order valence-corrected chi connectivity index (χ4v) is 1.72. The summed E-state index contributed by atoms with van der Waals surface area (Å²) in [6.45, 7) is 3.19. The van der Waals surface area contributed by atoms with Crippen LogP contribution in [0.3, 0.4) is 0 Å². The van der Waals surface area contributed by atoms with Crippen LogP contribution in [-0.4, -0.2) is 21.6 Å². The minimum Gasteiger partial charge on any atom is -0.269 e. The summed E-state index contributed by atoms with van der Waals surface area (Å²) in [6.07, 6.45) is 1.33. The van der Waals surface area contributed by atoms with Gasteiger partial charge in [-0.2, -0.15) is 10.4 Å². The molecule has 86 valence electrons. The van der Waals surface area contributed by atoms with E-state index in [1.54, 1.807) is 20.9 Å². The first-order chi connectivity index (χ1) is 7.99. The summed E-state index contributed by atoms with van der Waals surface area (Å²) >= 11 is 0. The third-order valence-corrected chi connectivity index (χ3v) is 2.85. The first-order valence-electron chi connectivity index (χ1n) is 4.97. The van der Waals surface area contributed by atoms with Crippen molar-refractivity contribution < 1.29 is 9.59 Å². The largest absolute Gasteiger partial charge is 0.269 e. The Morgan fingerprint density at radius 2 is 1.76 bits per heavy atom. The van der Waals surface area contributed by atoms with E-state index in [1.807, 2.05) is 6.07 Å². The minimum absolute atomic E-state index is 0.205. The van der Waals surface area contributed by atoms with Gasteiger partial charge in [-0.05, 0) is 13.8 Å². The lowest BCUT2D eigenvalue weighted by molar-refractivity contribution is -0.120. The van der Waals surface area contributed by atoms with E-state index in [1.165, 1.54) is 10.9 Å². The summed E-state index contributed by atoms with van der Waals surface area (Å²) in [5, 5.41) is 12.8. The zero-order valence-corrected chi connectivity index (χ0v) is 9.68. The molecule has 0 spiro atoms. The molecule has 0 aromatic carbocycles. The van der Waals surface area contributed by atoms with Crippen LogP contribution in [0.5, 0.6) is 0 Å². The van der Waals surface area contributed by atoms with E-state index >= 15 is 0 Å². The van der Waals surface area contributed by atoms with Crippen LogP contribution in [-0.2, 0) is 16.6 Å². The zero-order valence-electron chi connectivity index (χ0n) is 9.68. The average molecular weight is 230 g/mol. The highest BCUT2D eigenvalue weighted by molar-refractivity contribution is 6.32. The number of carbonyl (C=O) groups is 2. The van der Waals surface area contributed by atoms with Gasteiger partial charge in [-0.3, -0.25) is 14.3 Å². The molecule has 0 bridgehead atoms. The van der Waals surface area contributed by atoms with Gasteiger partial charge in [0.05, 0.1) is 6.20 Å². The first-order valence-corrected chi connectivity index (χ1v) is 4.97. The maximum absolute atomic E-state index is 11.9. The number of carbonyl (C=O) groups excluding carboxylic acids is 2. The molecule has 0 saturated heterocycles. The third-order valence-electron chi connectivity index (χ3n) is 2.85. The molecule has 0 saturated carbocycles. The van der Waals surface area contributed by atoms with E-state index in [-0.39, 0.29) is 11.4 Å². The monoisotopic (exact) mass is 230 g/mol. The molecule has 2 amide bonds. The van der Waals surface area contributed by atoms with E-state index in [4.69, 9.17) is 5.26 Å². The van der Waals surface area contributed by atoms with Gasteiger partial charge in [0.25, 0.3) is 11.8 Å². The number of rotatable bonds is 1. The summed E-state index contributed by atoms with van der Waals surface area (Å²) < 4.78 is 1.35. The molecular weight excluding hydrogens is 220 g/mol. The predicted molar refractivity (Wildman–Crippen MR) is 58.8 cm³/mol. The molecule has 6 nitrogen and oxygen atoms in total. The molecule has 1 aromatic heterocycles. The minimum atomic E-state index is -0.396. The summed E-state index contributed by atoms with van der Waals surface area (Å²) in [5.41, 5.74) is 1.01. The average Bonchev–Trinajstić information content (AvgIpc) is 2.76. The van der Waals surface area contributed by atoms with Gasteiger partial charge in [-0.1, -0.05) is 0 Å². The summed E-state index contributed by atoms with van der Waals surface area (Å²) in [4.78, 5) is 24.9.